The molecular formula is C22H33NO2. The Morgan fingerprint density at radius 1 is 1.00 bits per heavy atom. The molecule has 0 aromatic rings. The van der Waals surface area contributed by atoms with Crippen LogP contribution in [-0.2, 0) is 0 Å². The number of aliphatic hydroxyl groups excluding tert-OH is 1. The Labute approximate surface area is 152 Å². The van der Waals surface area contributed by atoms with Crippen LogP contribution in [0.4, 0.5) is 0 Å². The van der Waals surface area contributed by atoms with Gasteiger partial charge in [-0.1, -0.05) is 19.9 Å². The van der Waals surface area contributed by atoms with Crippen LogP contribution in [0.15, 0.2) is 12.2 Å². The Balaban J connectivity index is 1.65. The van der Waals surface area contributed by atoms with E-state index in [0.29, 0.717) is 29.1 Å². The molecule has 4 rings (SSSR count). The van der Waals surface area contributed by atoms with Crippen molar-refractivity contribution < 1.29 is 10.2 Å². The van der Waals surface area contributed by atoms with Crippen molar-refractivity contribution in [2.24, 2.45) is 34.5 Å². The van der Waals surface area contributed by atoms with Crippen LogP contribution in [0.25, 0.3) is 0 Å². The first kappa shape index (κ1) is 17.6. The molecule has 4 aliphatic carbocycles. The summed E-state index contributed by atoms with van der Waals surface area (Å²) in [6.07, 6.45) is 13.0. The highest BCUT2D eigenvalue weighted by molar-refractivity contribution is 5.20. The van der Waals surface area contributed by atoms with Gasteiger partial charge in [-0.25, -0.2) is 0 Å². The fraction of sp³-hybridized carbons (Fsp3) is 0.864. The van der Waals surface area contributed by atoms with E-state index in [1.165, 1.54) is 6.42 Å². The summed E-state index contributed by atoms with van der Waals surface area (Å²) in [6, 6.07) is 2.14. The lowest BCUT2D eigenvalue weighted by molar-refractivity contribution is -0.207. The van der Waals surface area contributed by atoms with E-state index in [1.54, 1.807) is 6.08 Å². The zero-order valence-electron chi connectivity index (χ0n) is 15.7. The third-order valence-corrected chi connectivity index (χ3v) is 9.30. The van der Waals surface area contributed by atoms with Gasteiger partial charge in [0.15, 0.2) is 0 Å². The molecule has 4 aliphatic rings. The highest BCUT2D eigenvalue weighted by Crippen LogP contribution is 2.69. The number of rotatable bonds is 1. The fourth-order valence-corrected chi connectivity index (χ4v) is 7.71. The molecule has 0 radical (unpaired) electrons. The normalized spacial score (nSPS) is 55.2. The molecule has 0 aromatic heterocycles. The molecule has 4 fully saturated rings. The van der Waals surface area contributed by atoms with E-state index in [9.17, 15) is 10.2 Å². The van der Waals surface area contributed by atoms with E-state index in [-0.39, 0.29) is 11.5 Å². The predicted octanol–water partition coefficient (Wildman–Crippen LogP) is 4.20. The number of nitriles is 1. The minimum Gasteiger partial charge on any atom is -0.393 e. The van der Waals surface area contributed by atoms with Crippen molar-refractivity contribution >= 4 is 0 Å². The smallest absolute Gasteiger partial charge is 0.0908 e. The van der Waals surface area contributed by atoms with Crippen LogP contribution in [0, 0.1) is 45.8 Å². The molecule has 0 heterocycles. The van der Waals surface area contributed by atoms with Crippen LogP contribution in [-0.4, -0.2) is 21.9 Å². The van der Waals surface area contributed by atoms with Crippen LogP contribution in [0.5, 0.6) is 0 Å². The maximum absolute atomic E-state index is 11.9. The second-order valence-electron chi connectivity index (χ2n) is 9.94. The van der Waals surface area contributed by atoms with Gasteiger partial charge in [0.1, 0.15) is 0 Å². The molecule has 3 nitrogen and oxygen atoms in total. The topological polar surface area (TPSA) is 64.2 Å². The van der Waals surface area contributed by atoms with Gasteiger partial charge in [0.05, 0.1) is 17.8 Å². The van der Waals surface area contributed by atoms with Gasteiger partial charge in [-0.2, -0.15) is 5.26 Å². The lowest BCUT2D eigenvalue weighted by Gasteiger charge is -2.63. The highest BCUT2D eigenvalue weighted by Gasteiger charge is 2.66. The number of hydrogen-bond donors (Lipinski definition) is 2. The molecule has 0 amide bonds. The van der Waals surface area contributed by atoms with Gasteiger partial charge in [0.25, 0.3) is 0 Å². The standard InChI is InChI=1S/C22H33NO2/c1-20-10-8-17(24)14-16(20)5-6-19-18(20)9-11-21(2)15(4-3-13-23)7-12-22(19,21)25/h3-4,15-19,24-25H,5-12,14H2,1-2H3/b4-3+/t15-,16?,17-,18-,19+,20-,21+,22-/m0/s1. The average molecular weight is 344 g/mol. The van der Waals surface area contributed by atoms with Crippen LogP contribution < -0.4 is 0 Å². The summed E-state index contributed by atoms with van der Waals surface area (Å²) in [6.45, 7) is 4.73. The van der Waals surface area contributed by atoms with Crippen LogP contribution in [0.2, 0.25) is 0 Å². The Kier molecular flexibility index (Phi) is 4.09. The summed E-state index contributed by atoms with van der Waals surface area (Å²) in [5.74, 6) is 1.94. The van der Waals surface area contributed by atoms with Crippen molar-refractivity contribution in [3.63, 3.8) is 0 Å². The van der Waals surface area contributed by atoms with Crippen molar-refractivity contribution in [1.82, 2.24) is 0 Å². The van der Waals surface area contributed by atoms with E-state index < -0.39 is 5.60 Å². The van der Waals surface area contributed by atoms with Crippen LogP contribution >= 0.6 is 0 Å². The molecule has 3 heteroatoms. The minimum absolute atomic E-state index is 0.0844. The quantitative estimate of drug-likeness (QED) is 0.701. The van der Waals surface area contributed by atoms with Gasteiger partial charge < -0.3 is 10.2 Å². The molecule has 8 atom stereocenters. The first-order chi connectivity index (χ1) is 11.8. The van der Waals surface area contributed by atoms with E-state index >= 15 is 0 Å². The first-order valence-electron chi connectivity index (χ1n) is 10.3. The van der Waals surface area contributed by atoms with Crippen molar-refractivity contribution in [1.29, 1.82) is 5.26 Å². The minimum atomic E-state index is -0.579. The summed E-state index contributed by atoms with van der Waals surface area (Å²) >= 11 is 0. The van der Waals surface area contributed by atoms with Crippen molar-refractivity contribution in [2.45, 2.75) is 83.3 Å². The first-order valence-corrected chi connectivity index (χ1v) is 10.3. The molecule has 4 saturated carbocycles. The Hall–Kier alpha value is -0.850. The number of fused-ring (bicyclic) bond motifs is 5. The molecule has 0 saturated heterocycles. The third-order valence-electron chi connectivity index (χ3n) is 9.30. The van der Waals surface area contributed by atoms with E-state index in [4.69, 9.17) is 5.26 Å². The average Bonchev–Trinajstić information content (AvgIpc) is 2.85. The lowest BCUT2D eigenvalue weighted by Crippen LogP contribution is -2.62. The summed E-state index contributed by atoms with van der Waals surface area (Å²) in [4.78, 5) is 0. The molecule has 2 N–H and O–H groups in total. The molecule has 0 aromatic carbocycles. The predicted molar refractivity (Wildman–Crippen MR) is 97.4 cm³/mol. The van der Waals surface area contributed by atoms with Crippen LogP contribution in [0.1, 0.15) is 71.6 Å². The lowest BCUT2D eigenvalue weighted by atomic mass is 9.43. The number of hydrogen-bond acceptors (Lipinski definition) is 3. The molecule has 0 aliphatic heterocycles. The monoisotopic (exact) mass is 343 g/mol. The third kappa shape index (κ3) is 2.30. The number of aliphatic hydroxyl groups is 2. The van der Waals surface area contributed by atoms with Gasteiger partial charge in [0, 0.05) is 11.5 Å². The summed E-state index contributed by atoms with van der Waals surface area (Å²) in [7, 11) is 0. The maximum Gasteiger partial charge on any atom is 0.0908 e. The molecule has 0 bridgehead atoms. The number of allylic oxidation sites excluding steroid dienone is 2. The summed E-state index contributed by atoms with van der Waals surface area (Å²) in [5.41, 5.74) is -0.372. The fourth-order valence-electron chi connectivity index (χ4n) is 7.71. The van der Waals surface area contributed by atoms with Crippen molar-refractivity contribution in [2.75, 3.05) is 0 Å². The van der Waals surface area contributed by atoms with Gasteiger partial charge in [-0.3, -0.25) is 0 Å². The second-order valence-corrected chi connectivity index (χ2v) is 9.94. The van der Waals surface area contributed by atoms with Gasteiger partial charge in [0.2, 0.25) is 0 Å². The van der Waals surface area contributed by atoms with Crippen LogP contribution in [0.3, 0.4) is 0 Å². The van der Waals surface area contributed by atoms with Crippen molar-refractivity contribution in [3.05, 3.63) is 12.2 Å². The zero-order chi connectivity index (χ0) is 17.9. The molecule has 25 heavy (non-hydrogen) atoms. The highest BCUT2D eigenvalue weighted by atomic mass is 16.3. The van der Waals surface area contributed by atoms with Gasteiger partial charge >= 0.3 is 0 Å². The van der Waals surface area contributed by atoms with Crippen molar-refractivity contribution in [3.8, 4) is 6.07 Å². The molecular weight excluding hydrogens is 310 g/mol. The Bertz CT molecular complexity index is 610. The molecule has 138 valence electrons. The summed E-state index contributed by atoms with van der Waals surface area (Å²) in [5, 5.41) is 31.0. The zero-order valence-corrected chi connectivity index (χ0v) is 15.7. The van der Waals surface area contributed by atoms with E-state index in [0.717, 1.165) is 51.4 Å². The summed E-state index contributed by atoms with van der Waals surface area (Å²) < 4.78 is 0. The van der Waals surface area contributed by atoms with Gasteiger partial charge in [-0.15, -0.1) is 0 Å². The molecule has 1 unspecified atom stereocenters. The largest absolute Gasteiger partial charge is 0.393 e. The maximum atomic E-state index is 11.9. The Morgan fingerprint density at radius 3 is 2.56 bits per heavy atom. The van der Waals surface area contributed by atoms with E-state index in [1.807, 2.05) is 0 Å². The molecule has 0 spiro atoms. The SMILES string of the molecule is C[C@]12CC[C@H](O)CC1CC[C@@H]1[C@@H]2CC[C@]2(C)[C@@H](/C=C/C#N)CC[C@]12O. The van der Waals surface area contributed by atoms with E-state index in [2.05, 4.69) is 26.0 Å². The number of nitrogens with zero attached hydrogens (tertiary/aromatic N) is 1. The van der Waals surface area contributed by atoms with Gasteiger partial charge in [-0.05, 0) is 86.9 Å². The second kappa shape index (κ2) is 5.83. The Morgan fingerprint density at radius 2 is 1.80 bits per heavy atom.